The lowest BCUT2D eigenvalue weighted by molar-refractivity contribution is -0.0494. The van der Waals surface area contributed by atoms with Crippen LogP contribution >= 0.6 is 24.0 Å². The predicted molar refractivity (Wildman–Crippen MR) is 127 cm³/mol. The number of hydrogen-bond acceptors (Lipinski definition) is 4. The smallest absolute Gasteiger partial charge is 0.356 e. The zero-order valence-electron chi connectivity index (χ0n) is 17.7. The number of rotatable bonds is 8. The highest BCUT2D eigenvalue weighted by Gasteiger charge is 2.50. The normalized spacial score (nSPS) is 16.8. The first kappa shape index (κ1) is 27.9. The molecule has 12 heteroatoms. The summed E-state index contributed by atoms with van der Waals surface area (Å²) in [5, 5.41) is 6.37. The molecule has 1 aliphatic rings. The van der Waals surface area contributed by atoms with E-state index in [1.807, 2.05) is 18.2 Å². The van der Waals surface area contributed by atoms with Crippen LogP contribution < -0.4 is 10.6 Å². The van der Waals surface area contributed by atoms with E-state index in [1.165, 1.54) is 5.56 Å². The molecule has 1 aromatic rings. The molecule has 1 fully saturated rings. The molecule has 178 valence electrons. The summed E-state index contributed by atoms with van der Waals surface area (Å²) < 4.78 is 61.4. The molecule has 2 N–H and O–H groups in total. The summed E-state index contributed by atoms with van der Waals surface area (Å²) in [6.45, 7) is 2.13. The van der Waals surface area contributed by atoms with Crippen LogP contribution in [0.4, 0.5) is 13.2 Å². The molecule has 0 spiro atoms. The Morgan fingerprint density at radius 3 is 2.39 bits per heavy atom. The largest absolute Gasteiger partial charge is 0.511 e. The number of guanidine groups is 1. The molecule has 0 aromatic heterocycles. The highest BCUT2D eigenvalue weighted by atomic mass is 127. The molecular formula is C19H31F3IN5O2S. The minimum Gasteiger partial charge on any atom is -0.356 e. The van der Waals surface area contributed by atoms with Crippen molar-refractivity contribution >= 4 is 40.0 Å². The van der Waals surface area contributed by atoms with Crippen LogP contribution in [0.25, 0.3) is 0 Å². The van der Waals surface area contributed by atoms with Gasteiger partial charge in [-0.3, -0.25) is 4.99 Å². The van der Waals surface area contributed by atoms with Crippen LogP contribution in [0.15, 0.2) is 35.3 Å². The fourth-order valence-electron chi connectivity index (χ4n) is 3.30. The Labute approximate surface area is 199 Å². The second-order valence-electron chi connectivity index (χ2n) is 7.34. The van der Waals surface area contributed by atoms with Crippen molar-refractivity contribution in [3.63, 3.8) is 0 Å². The number of benzene rings is 1. The maximum Gasteiger partial charge on any atom is 0.511 e. The Hall–Kier alpha value is -1.12. The van der Waals surface area contributed by atoms with Crippen molar-refractivity contribution in [3.8, 4) is 0 Å². The van der Waals surface area contributed by atoms with Crippen molar-refractivity contribution in [1.82, 2.24) is 19.8 Å². The van der Waals surface area contributed by atoms with E-state index in [9.17, 15) is 21.6 Å². The molecule has 0 unspecified atom stereocenters. The summed E-state index contributed by atoms with van der Waals surface area (Å²) in [5.41, 5.74) is -4.00. The molecule has 0 amide bonds. The Balaban J connectivity index is 0.00000480. The van der Waals surface area contributed by atoms with E-state index in [0.29, 0.717) is 16.8 Å². The number of hydrogen-bond donors (Lipinski definition) is 2. The lowest BCUT2D eigenvalue weighted by Crippen LogP contribution is -2.51. The maximum absolute atomic E-state index is 12.7. The van der Waals surface area contributed by atoms with Gasteiger partial charge in [0.2, 0.25) is 0 Å². The van der Waals surface area contributed by atoms with Crippen LogP contribution in [0.5, 0.6) is 0 Å². The van der Waals surface area contributed by atoms with Gasteiger partial charge in [-0.05, 0) is 38.4 Å². The van der Waals surface area contributed by atoms with Gasteiger partial charge in [-0.15, -0.1) is 24.0 Å². The number of nitrogens with one attached hydrogen (secondary N) is 2. The topological polar surface area (TPSA) is 77.0 Å². The van der Waals surface area contributed by atoms with Crippen molar-refractivity contribution in [2.24, 2.45) is 4.99 Å². The molecule has 7 nitrogen and oxygen atoms in total. The van der Waals surface area contributed by atoms with Crippen molar-refractivity contribution in [3.05, 3.63) is 35.9 Å². The van der Waals surface area contributed by atoms with Gasteiger partial charge in [-0.1, -0.05) is 30.3 Å². The van der Waals surface area contributed by atoms with Gasteiger partial charge in [0, 0.05) is 39.3 Å². The third kappa shape index (κ3) is 8.73. The fourth-order valence-corrected chi connectivity index (χ4v) is 4.29. The molecule has 1 heterocycles. The van der Waals surface area contributed by atoms with Crippen molar-refractivity contribution < 1.29 is 21.6 Å². The number of sulfonamides is 1. The fraction of sp³-hybridized carbons (Fsp3) is 0.632. The number of nitrogens with zero attached hydrogens (tertiary/aromatic N) is 3. The molecule has 0 atom stereocenters. The van der Waals surface area contributed by atoms with Gasteiger partial charge in [0.15, 0.2) is 5.96 Å². The highest BCUT2D eigenvalue weighted by Crippen LogP contribution is 2.28. The first-order valence-corrected chi connectivity index (χ1v) is 11.3. The van der Waals surface area contributed by atoms with Gasteiger partial charge in [-0.25, -0.2) is 8.42 Å². The lowest BCUT2D eigenvalue weighted by Gasteiger charge is -2.32. The van der Waals surface area contributed by atoms with Crippen LogP contribution in [0.2, 0.25) is 0 Å². The first-order chi connectivity index (χ1) is 14.1. The molecule has 1 aliphatic heterocycles. The van der Waals surface area contributed by atoms with Gasteiger partial charge < -0.3 is 15.5 Å². The summed E-state index contributed by atoms with van der Waals surface area (Å²) in [5.74, 6) is 0.567. The van der Waals surface area contributed by atoms with Crippen LogP contribution in [0.3, 0.4) is 0 Å². The average molecular weight is 577 g/mol. The highest BCUT2D eigenvalue weighted by molar-refractivity contribution is 14.0. The molecule has 1 aromatic carbocycles. The molecule has 0 bridgehead atoms. The maximum atomic E-state index is 12.7. The monoisotopic (exact) mass is 577 g/mol. The third-order valence-electron chi connectivity index (χ3n) is 4.96. The van der Waals surface area contributed by atoms with Gasteiger partial charge in [0.1, 0.15) is 0 Å². The lowest BCUT2D eigenvalue weighted by atomic mass is 10.1. The van der Waals surface area contributed by atoms with Crippen molar-refractivity contribution in [2.75, 3.05) is 40.3 Å². The van der Waals surface area contributed by atoms with Gasteiger partial charge >= 0.3 is 15.5 Å². The predicted octanol–water partition coefficient (Wildman–Crippen LogP) is 2.61. The average Bonchev–Trinajstić information content (AvgIpc) is 2.70. The quantitative estimate of drug-likeness (QED) is 0.215. The van der Waals surface area contributed by atoms with E-state index in [2.05, 4.69) is 39.7 Å². The number of alkyl halides is 3. The summed E-state index contributed by atoms with van der Waals surface area (Å²) in [4.78, 5) is 6.37. The summed E-state index contributed by atoms with van der Waals surface area (Å²) in [7, 11) is -1.57. The van der Waals surface area contributed by atoms with Crippen LogP contribution in [-0.4, -0.2) is 75.4 Å². The van der Waals surface area contributed by atoms with Crippen LogP contribution in [0.1, 0.15) is 24.8 Å². The van der Waals surface area contributed by atoms with E-state index >= 15 is 0 Å². The molecule has 0 radical (unpaired) electrons. The van der Waals surface area contributed by atoms with Gasteiger partial charge in [0.05, 0.1) is 0 Å². The zero-order valence-corrected chi connectivity index (χ0v) is 20.9. The molecule has 31 heavy (non-hydrogen) atoms. The second kappa shape index (κ2) is 12.8. The van der Waals surface area contributed by atoms with Crippen LogP contribution in [-0.2, 0) is 16.6 Å². The summed E-state index contributed by atoms with van der Waals surface area (Å²) in [6, 6.07) is 10.1. The SMILES string of the molecule is CN=C(NCCCN(C)Cc1ccccc1)NC1CCN(S(=O)(=O)C(F)(F)F)CC1.I. The number of aliphatic imine (C=N–C) groups is 1. The van der Waals surface area contributed by atoms with E-state index in [-0.39, 0.29) is 55.9 Å². The van der Waals surface area contributed by atoms with Gasteiger partial charge in [-0.2, -0.15) is 17.5 Å². The number of piperidine rings is 1. The third-order valence-corrected chi connectivity index (χ3v) is 6.59. The molecule has 0 aliphatic carbocycles. The van der Waals surface area contributed by atoms with Gasteiger partial charge in [0.25, 0.3) is 0 Å². The first-order valence-electron chi connectivity index (χ1n) is 9.89. The van der Waals surface area contributed by atoms with Crippen molar-refractivity contribution in [1.29, 1.82) is 0 Å². The number of halogens is 4. The Bertz CT molecular complexity index is 785. The summed E-state index contributed by atoms with van der Waals surface area (Å²) in [6.07, 6.45) is 1.47. The minimum atomic E-state index is -5.25. The molecule has 0 saturated carbocycles. The van der Waals surface area contributed by atoms with E-state index < -0.39 is 15.5 Å². The molecular weight excluding hydrogens is 546 g/mol. The molecule has 2 rings (SSSR count). The Morgan fingerprint density at radius 2 is 1.84 bits per heavy atom. The standard InChI is InChI=1S/C19H30F3N5O2S.HI/c1-23-18(24-11-6-12-26(2)15-16-7-4-3-5-8-16)25-17-9-13-27(14-10-17)30(28,29)19(20,21)22;/h3-5,7-8,17H,6,9-15H2,1-2H3,(H2,23,24,25);1H. The zero-order chi connectivity index (χ0) is 22.2. The van der Waals surface area contributed by atoms with E-state index in [0.717, 1.165) is 19.5 Å². The minimum absolute atomic E-state index is 0. The summed E-state index contributed by atoms with van der Waals surface area (Å²) >= 11 is 0. The Kier molecular flexibility index (Phi) is 11.5. The van der Waals surface area contributed by atoms with E-state index in [1.54, 1.807) is 7.05 Å². The second-order valence-corrected chi connectivity index (χ2v) is 9.27. The van der Waals surface area contributed by atoms with Crippen LogP contribution in [0, 0.1) is 0 Å². The Morgan fingerprint density at radius 1 is 1.23 bits per heavy atom. The molecule has 1 saturated heterocycles. The van der Waals surface area contributed by atoms with Crippen molar-refractivity contribution in [2.45, 2.75) is 37.4 Å². The van der Waals surface area contributed by atoms with E-state index in [4.69, 9.17) is 0 Å².